The van der Waals surface area contributed by atoms with E-state index in [-0.39, 0.29) is 29.8 Å². The van der Waals surface area contributed by atoms with Crippen molar-refractivity contribution in [1.29, 1.82) is 0 Å². The van der Waals surface area contributed by atoms with Gasteiger partial charge >= 0.3 is 0 Å². The maximum absolute atomic E-state index is 13.2. The molecule has 0 bridgehead atoms. The third-order valence-electron chi connectivity index (χ3n) is 6.27. The Kier molecular flexibility index (Phi) is 6.81. The number of nitrogens with zero attached hydrogens (tertiary/aromatic N) is 2. The number of carbonyl (C=O) groups excluding carboxylic acids is 1. The third kappa shape index (κ3) is 4.90. The second kappa shape index (κ2) is 9.54. The summed E-state index contributed by atoms with van der Waals surface area (Å²) >= 11 is 12.0. The molecule has 1 unspecified atom stereocenters. The molecule has 30 heavy (non-hydrogen) atoms. The van der Waals surface area contributed by atoms with E-state index < -0.39 is 0 Å². The van der Waals surface area contributed by atoms with E-state index in [4.69, 9.17) is 27.9 Å². The average Bonchev–Trinajstić information content (AvgIpc) is 3.21. The van der Waals surface area contributed by atoms with E-state index in [1.54, 1.807) is 18.3 Å². The number of hydrogen-bond acceptors (Lipinski definition) is 4. The van der Waals surface area contributed by atoms with Crippen LogP contribution in [0.4, 0.5) is 0 Å². The highest BCUT2D eigenvalue weighted by molar-refractivity contribution is 6.30. The summed E-state index contributed by atoms with van der Waals surface area (Å²) < 4.78 is 6.16. The van der Waals surface area contributed by atoms with Gasteiger partial charge in [-0.15, -0.1) is 0 Å². The van der Waals surface area contributed by atoms with Gasteiger partial charge in [0.15, 0.2) is 0 Å². The van der Waals surface area contributed by atoms with Crippen molar-refractivity contribution >= 4 is 29.1 Å². The molecule has 2 saturated heterocycles. The highest BCUT2D eigenvalue weighted by atomic mass is 35.5. The lowest BCUT2D eigenvalue weighted by Crippen LogP contribution is -2.40. The lowest BCUT2D eigenvalue weighted by Gasteiger charge is -2.27. The number of likely N-dealkylation sites (tertiary alicyclic amines) is 1. The van der Waals surface area contributed by atoms with Crippen LogP contribution in [0.2, 0.25) is 10.0 Å². The zero-order valence-corrected chi connectivity index (χ0v) is 18.6. The Bertz CT molecular complexity index is 854. The summed E-state index contributed by atoms with van der Waals surface area (Å²) in [6.07, 6.45) is 3.30. The summed E-state index contributed by atoms with van der Waals surface area (Å²) in [5.74, 6) is 1.29. The number of carbonyl (C=O) groups is 1. The highest BCUT2D eigenvalue weighted by Gasteiger charge is 2.41. The van der Waals surface area contributed by atoms with Crippen LogP contribution in [-0.2, 0) is 4.79 Å². The predicted molar refractivity (Wildman–Crippen MR) is 119 cm³/mol. The van der Waals surface area contributed by atoms with Crippen LogP contribution in [0.1, 0.15) is 31.2 Å². The quantitative estimate of drug-likeness (QED) is 0.737. The molecule has 2 fully saturated rings. The normalized spacial score (nSPS) is 23.4. The fraction of sp³-hybridized carbons (Fsp3) is 0.478. The van der Waals surface area contributed by atoms with Crippen molar-refractivity contribution in [2.24, 2.45) is 11.8 Å². The monoisotopic (exact) mass is 447 g/mol. The Balaban J connectivity index is 1.53. The first-order chi connectivity index (χ1) is 14.5. The molecule has 1 N–H and O–H groups in total. The number of halogens is 2. The van der Waals surface area contributed by atoms with E-state index in [2.05, 4.69) is 29.4 Å². The highest BCUT2D eigenvalue weighted by Crippen LogP contribution is 2.37. The summed E-state index contributed by atoms with van der Waals surface area (Å²) in [7, 11) is 0. The smallest absolute Gasteiger partial charge is 0.225 e. The van der Waals surface area contributed by atoms with Gasteiger partial charge in [0.1, 0.15) is 6.10 Å². The number of pyridine rings is 1. The molecule has 160 valence electrons. The number of ether oxygens (including phenoxy) is 1. The molecule has 0 spiro atoms. The van der Waals surface area contributed by atoms with Crippen LogP contribution < -0.4 is 10.1 Å². The number of aromatic nitrogens is 1. The number of hydrogen-bond donors (Lipinski definition) is 1. The van der Waals surface area contributed by atoms with Gasteiger partial charge in [-0.2, -0.15) is 0 Å². The molecular weight excluding hydrogens is 421 g/mol. The minimum Gasteiger partial charge on any atom is -0.474 e. The van der Waals surface area contributed by atoms with Gasteiger partial charge in [-0.3, -0.25) is 4.79 Å². The second-order valence-electron chi connectivity index (χ2n) is 8.23. The SMILES string of the molecule is CC(Oc1ccc(Cl)cn1)[C@H]1CN(C(=O)C2CCNCC2)C[C@@H]1c1ccc(Cl)cc1. The number of nitrogens with one attached hydrogen (secondary N) is 1. The molecule has 3 heterocycles. The number of piperidine rings is 1. The van der Waals surface area contributed by atoms with Crippen LogP contribution in [-0.4, -0.2) is 48.1 Å². The molecular formula is C23H27Cl2N3O2. The molecule has 0 aliphatic carbocycles. The zero-order valence-electron chi connectivity index (χ0n) is 17.1. The van der Waals surface area contributed by atoms with Gasteiger partial charge in [-0.25, -0.2) is 4.98 Å². The Labute approximate surface area is 187 Å². The minimum absolute atomic E-state index is 0.106. The molecule has 2 aromatic rings. The first-order valence-corrected chi connectivity index (χ1v) is 11.3. The Morgan fingerprint density at radius 2 is 1.80 bits per heavy atom. The fourth-order valence-electron chi connectivity index (χ4n) is 4.58. The van der Waals surface area contributed by atoms with E-state index in [1.165, 1.54) is 5.56 Å². The van der Waals surface area contributed by atoms with E-state index in [0.29, 0.717) is 29.0 Å². The average molecular weight is 448 g/mol. The molecule has 7 heteroatoms. The van der Waals surface area contributed by atoms with E-state index in [1.807, 2.05) is 17.0 Å². The molecule has 5 nitrogen and oxygen atoms in total. The summed E-state index contributed by atoms with van der Waals surface area (Å²) in [6, 6.07) is 11.5. The van der Waals surface area contributed by atoms with Crippen LogP contribution in [0.25, 0.3) is 0 Å². The predicted octanol–water partition coefficient (Wildman–Crippen LogP) is 4.40. The molecule has 1 aromatic heterocycles. The molecule has 1 amide bonds. The standard InChI is InChI=1S/C23H27Cl2N3O2/c1-15(30-22-7-6-19(25)12-27-22)20-13-28(23(29)17-8-10-26-11-9-17)14-21(20)16-2-4-18(24)5-3-16/h2-7,12,15,17,20-21,26H,8-11,13-14H2,1H3/t15?,20-,21-/m1/s1. The number of rotatable bonds is 5. The van der Waals surface area contributed by atoms with Crippen molar-refractivity contribution in [3.63, 3.8) is 0 Å². The largest absolute Gasteiger partial charge is 0.474 e. The van der Waals surface area contributed by atoms with Crippen molar-refractivity contribution in [3.05, 3.63) is 58.2 Å². The Morgan fingerprint density at radius 1 is 1.10 bits per heavy atom. The van der Waals surface area contributed by atoms with Crippen LogP contribution in [0, 0.1) is 11.8 Å². The maximum Gasteiger partial charge on any atom is 0.225 e. The molecule has 1 aromatic carbocycles. The Morgan fingerprint density at radius 3 is 2.47 bits per heavy atom. The fourth-order valence-corrected chi connectivity index (χ4v) is 4.82. The summed E-state index contributed by atoms with van der Waals surface area (Å²) in [5, 5.41) is 4.63. The Hall–Kier alpha value is -1.82. The third-order valence-corrected chi connectivity index (χ3v) is 6.75. The topological polar surface area (TPSA) is 54.5 Å². The van der Waals surface area contributed by atoms with Crippen LogP contribution in [0.3, 0.4) is 0 Å². The maximum atomic E-state index is 13.2. The van der Waals surface area contributed by atoms with Gasteiger partial charge in [-0.05, 0) is 56.6 Å². The second-order valence-corrected chi connectivity index (χ2v) is 9.10. The van der Waals surface area contributed by atoms with Gasteiger partial charge in [-0.1, -0.05) is 35.3 Å². The van der Waals surface area contributed by atoms with Gasteiger partial charge in [0.05, 0.1) is 5.02 Å². The lowest BCUT2D eigenvalue weighted by atomic mass is 9.86. The van der Waals surface area contributed by atoms with Crippen molar-refractivity contribution in [2.75, 3.05) is 26.2 Å². The number of amides is 1. The summed E-state index contributed by atoms with van der Waals surface area (Å²) in [4.78, 5) is 19.5. The molecule has 0 radical (unpaired) electrons. The first-order valence-electron chi connectivity index (χ1n) is 10.5. The molecule has 0 saturated carbocycles. The number of benzene rings is 1. The summed E-state index contributed by atoms with van der Waals surface area (Å²) in [5.41, 5.74) is 1.18. The van der Waals surface area contributed by atoms with Crippen molar-refractivity contribution in [3.8, 4) is 5.88 Å². The van der Waals surface area contributed by atoms with Crippen LogP contribution >= 0.6 is 23.2 Å². The van der Waals surface area contributed by atoms with Crippen molar-refractivity contribution < 1.29 is 9.53 Å². The minimum atomic E-state index is -0.106. The van der Waals surface area contributed by atoms with Crippen LogP contribution in [0.15, 0.2) is 42.6 Å². The molecule has 4 rings (SSSR count). The molecule has 2 aliphatic rings. The van der Waals surface area contributed by atoms with E-state index >= 15 is 0 Å². The first kappa shape index (κ1) is 21.4. The van der Waals surface area contributed by atoms with E-state index in [0.717, 1.165) is 25.9 Å². The van der Waals surface area contributed by atoms with Gasteiger partial charge in [0.2, 0.25) is 11.8 Å². The molecule has 2 aliphatic heterocycles. The van der Waals surface area contributed by atoms with Gasteiger partial charge in [0.25, 0.3) is 0 Å². The van der Waals surface area contributed by atoms with E-state index in [9.17, 15) is 4.79 Å². The van der Waals surface area contributed by atoms with Crippen LogP contribution in [0.5, 0.6) is 5.88 Å². The zero-order chi connectivity index (χ0) is 21.1. The van der Waals surface area contributed by atoms with Crippen molar-refractivity contribution in [2.45, 2.75) is 31.8 Å². The summed E-state index contributed by atoms with van der Waals surface area (Å²) in [6.45, 7) is 5.27. The lowest BCUT2D eigenvalue weighted by molar-refractivity contribution is -0.135. The van der Waals surface area contributed by atoms with Gasteiger partial charge in [0, 0.05) is 48.1 Å². The van der Waals surface area contributed by atoms with Crippen molar-refractivity contribution in [1.82, 2.24) is 15.2 Å². The molecule has 3 atom stereocenters. The van der Waals surface area contributed by atoms with Gasteiger partial charge < -0.3 is 15.0 Å².